The van der Waals surface area contributed by atoms with Gasteiger partial charge in [-0.25, -0.2) is 0 Å². The Balaban J connectivity index is 1.57. The highest BCUT2D eigenvalue weighted by atomic mass is 16.7. The van der Waals surface area contributed by atoms with Crippen molar-refractivity contribution in [1.29, 1.82) is 0 Å². The summed E-state index contributed by atoms with van der Waals surface area (Å²) in [5, 5.41) is 32.7. The van der Waals surface area contributed by atoms with E-state index in [0.717, 1.165) is 44.9 Å². The summed E-state index contributed by atoms with van der Waals surface area (Å²) in [4.78, 5) is 14.0. The van der Waals surface area contributed by atoms with Gasteiger partial charge in [0, 0.05) is 12.0 Å². The van der Waals surface area contributed by atoms with Crippen molar-refractivity contribution in [3.8, 4) is 0 Å². The number of hydrogen-bond donors (Lipinski definition) is 3. The first-order valence-electron chi connectivity index (χ1n) is 16.2. The number of hydrogen-bond acceptors (Lipinski definition) is 6. The lowest BCUT2D eigenvalue weighted by Gasteiger charge is -2.71. The minimum absolute atomic E-state index is 0.00417. The molecule has 228 valence electrons. The third kappa shape index (κ3) is 3.90. The van der Waals surface area contributed by atoms with Gasteiger partial charge in [0.1, 0.15) is 0 Å². The highest BCUT2D eigenvalue weighted by molar-refractivity contribution is 5.79. The number of aliphatic hydroxyl groups excluding tert-OH is 3. The Labute approximate surface area is 242 Å². The molecule has 0 heterocycles. The minimum Gasteiger partial charge on any atom is -0.436 e. The molecular formula is C34H56O6. The number of carbonyl (C=O) groups is 1. The van der Waals surface area contributed by atoms with Gasteiger partial charge in [0.15, 0.2) is 6.29 Å². The Morgan fingerprint density at radius 1 is 1.05 bits per heavy atom. The van der Waals surface area contributed by atoms with Gasteiger partial charge >= 0.3 is 5.97 Å². The third-order valence-electron chi connectivity index (χ3n) is 14.2. The van der Waals surface area contributed by atoms with Crippen LogP contribution in [-0.4, -0.2) is 53.0 Å². The molecule has 4 unspecified atom stereocenters. The quantitative estimate of drug-likeness (QED) is 0.221. The first-order chi connectivity index (χ1) is 18.7. The molecule has 5 rings (SSSR count). The van der Waals surface area contributed by atoms with Gasteiger partial charge in [-0.15, -0.1) is 0 Å². The van der Waals surface area contributed by atoms with Crippen LogP contribution in [0.4, 0.5) is 0 Å². The zero-order valence-electron chi connectivity index (χ0n) is 26.3. The van der Waals surface area contributed by atoms with Crippen LogP contribution in [0.25, 0.3) is 0 Å². The fraction of sp³-hybridized carbons (Fsp3) is 0.912. The first kappa shape index (κ1) is 30.5. The molecule has 6 nitrogen and oxygen atoms in total. The zero-order chi connectivity index (χ0) is 29.5. The number of ether oxygens (including phenoxy) is 2. The topological polar surface area (TPSA) is 96.2 Å². The largest absolute Gasteiger partial charge is 0.436 e. The van der Waals surface area contributed by atoms with Gasteiger partial charge in [0.25, 0.3) is 0 Å². The highest BCUT2D eigenvalue weighted by Crippen LogP contribution is 2.75. The molecule has 0 saturated heterocycles. The Morgan fingerprint density at radius 3 is 2.40 bits per heavy atom. The molecule has 5 aliphatic rings. The Bertz CT molecular complexity index is 1030. The fourth-order valence-corrected chi connectivity index (χ4v) is 11.5. The van der Waals surface area contributed by atoms with Crippen LogP contribution >= 0.6 is 0 Å². The van der Waals surface area contributed by atoms with E-state index in [2.05, 4.69) is 40.7 Å². The standard InChI is InChI=1S/C34H56O6/c1-9-39-22(4)40-29(38)34-15-12-20(2)21(3)27(34)23-10-11-26-30(5)18-24(36)28(37)31(6,19-35)25(30)13-14-33(26,8)32(23,7)16-17-34/h10,20-22,24-28,35-37H,9,11-19H2,1-8H3/t20-,21+,22?,24-,25?,26?,27?,28+,30+,31+,32-,33-,34+/m1/s1. The summed E-state index contributed by atoms with van der Waals surface area (Å²) in [6.07, 6.45) is 7.35. The van der Waals surface area contributed by atoms with Crippen LogP contribution in [0.1, 0.15) is 107 Å². The lowest BCUT2D eigenvalue weighted by atomic mass is 9.33. The molecular weight excluding hydrogens is 504 g/mol. The SMILES string of the molecule is CCOC(C)OC(=O)[C@]12CC[C@@H](C)[C@H](C)C1C1=CCC3[C@@]4(C)C[C@@H](O)[C@H](O)[C@@](C)(CO)C4CC[C@@]3(C)[C@]1(C)CC2. The van der Waals surface area contributed by atoms with E-state index in [0.29, 0.717) is 30.8 Å². The summed E-state index contributed by atoms with van der Waals surface area (Å²) >= 11 is 0. The van der Waals surface area contributed by atoms with Crippen molar-refractivity contribution in [1.82, 2.24) is 0 Å². The predicted molar refractivity (Wildman–Crippen MR) is 155 cm³/mol. The highest BCUT2D eigenvalue weighted by Gasteiger charge is 2.71. The summed E-state index contributed by atoms with van der Waals surface area (Å²) in [6, 6.07) is 0. The van der Waals surface area contributed by atoms with E-state index in [1.54, 1.807) is 0 Å². The van der Waals surface area contributed by atoms with Gasteiger partial charge in [0.2, 0.25) is 0 Å². The molecule has 0 radical (unpaired) electrons. The van der Waals surface area contributed by atoms with E-state index in [4.69, 9.17) is 9.47 Å². The number of fused-ring (bicyclic) bond motifs is 7. The number of rotatable bonds is 5. The zero-order valence-corrected chi connectivity index (χ0v) is 26.3. The molecule has 0 aliphatic heterocycles. The predicted octanol–water partition coefficient (Wildman–Crippen LogP) is 5.87. The molecule has 6 heteroatoms. The van der Waals surface area contributed by atoms with Crippen LogP contribution in [0.15, 0.2) is 11.6 Å². The normalized spacial score (nSPS) is 52.8. The maximum absolute atomic E-state index is 14.0. The average Bonchev–Trinajstić information content (AvgIpc) is 2.89. The Hall–Kier alpha value is -0.950. The van der Waals surface area contributed by atoms with Gasteiger partial charge < -0.3 is 24.8 Å². The van der Waals surface area contributed by atoms with E-state index >= 15 is 0 Å². The van der Waals surface area contributed by atoms with Crippen LogP contribution in [0.5, 0.6) is 0 Å². The molecule has 5 aliphatic carbocycles. The molecule has 40 heavy (non-hydrogen) atoms. The van der Waals surface area contributed by atoms with Crippen molar-refractivity contribution in [2.24, 2.45) is 56.7 Å². The summed E-state index contributed by atoms with van der Waals surface area (Å²) < 4.78 is 11.6. The second-order valence-corrected chi connectivity index (χ2v) is 15.6. The van der Waals surface area contributed by atoms with Crippen LogP contribution < -0.4 is 0 Å². The average molecular weight is 561 g/mol. The molecule has 0 aromatic rings. The van der Waals surface area contributed by atoms with Crippen LogP contribution in [-0.2, 0) is 14.3 Å². The van der Waals surface area contributed by atoms with Crippen molar-refractivity contribution >= 4 is 5.97 Å². The van der Waals surface area contributed by atoms with Gasteiger partial charge in [-0.05, 0) is 111 Å². The molecule has 0 amide bonds. The van der Waals surface area contributed by atoms with E-state index < -0.39 is 29.3 Å². The molecule has 0 aromatic carbocycles. The number of aliphatic hydroxyl groups is 3. The lowest BCUT2D eigenvalue weighted by molar-refractivity contribution is -0.245. The third-order valence-corrected chi connectivity index (χ3v) is 14.2. The van der Waals surface area contributed by atoms with Gasteiger partial charge in [-0.3, -0.25) is 4.79 Å². The molecule has 4 fully saturated rings. The molecule has 3 N–H and O–H groups in total. The van der Waals surface area contributed by atoms with Crippen molar-refractivity contribution in [3.05, 3.63) is 11.6 Å². The monoisotopic (exact) mass is 560 g/mol. The molecule has 0 bridgehead atoms. The van der Waals surface area contributed by atoms with Crippen molar-refractivity contribution in [3.63, 3.8) is 0 Å². The number of allylic oxidation sites excluding steroid dienone is 2. The van der Waals surface area contributed by atoms with E-state index in [1.807, 2.05) is 20.8 Å². The molecule has 0 spiro atoms. The first-order valence-corrected chi connectivity index (χ1v) is 16.2. The van der Waals surface area contributed by atoms with Crippen molar-refractivity contribution < 1.29 is 29.6 Å². The van der Waals surface area contributed by atoms with Crippen LogP contribution in [0, 0.1) is 56.7 Å². The van der Waals surface area contributed by atoms with Gasteiger partial charge in [-0.2, -0.15) is 0 Å². The second-order valence-electron chi connectivity index (χ2n) is 15.6. The smallest absolute Gasteiger partial charge is 0.314 e. The second kappa shape index (κ2) is 10.1. The summed E-state index contributed by atoms with van der Waals surface area (Å²) in [6.45, 7) is 18.1. The van der Waals surface area contributed by atoms with E-state index in [1.165, 1.54) is 5.57 Å². The lowest BCUT2D eigenvalue weighted by Crippen LogP contribution is -2.68. The number of carbonyl (C=O) groups excluding carboxylic acids is 1. The summed E-state index contributed by atoms with van der Waals surface area (Å²) in [5.41, 5.74) is -0.00919. The fourth-order valence-electron chi connectivity index (χ4n) is 11.5. The molecule has 4 saturated carbocycles. The summed E-state index contributed by atoms with van der Waals surface area (Å²) in [7, 11) is 0. The van der Waals surface area contributed by atoms with E-state index in [9.17, 15) is 20.1 Å². The summed E-state index contributed by atoms with van der Waals surface area (Å²) in [5.74, 6) is 1.47. The minimum atomic E-state index is -0.907. The number of esters is 1. The van der Waals surface area contributed by atoms with Crippen LogP contribution in [0.2, 0.25) is 0 Å². The van der Waals surface area contributed by atoms with E-state index in [-0.39, 0.29) is 40.7 Å². The maximum Gasteiger partial charge on any atom is 0.314 e. The Morgan fingerprint density at radius 2 is 1.75 bits per heavy atom. The molecule has 13 atom stereocenters. The van der Waals surface area contributed by atoms with Crippen molar-refractivity contribution in [2.45, 2.75) is 125 Å². The van der Waals surface area contributed by atoms with Crippen molar-refractivity contribution in [2.75, 3.05) is 13.2 Å². The molecule has 0 aromatic heterocycles. The van der Waals surface area contributed by atoms with Gasteiger partial charge in [0.05, 0.1) is 24.2 Å². The van der Waals surface area contributed by atoms with Gasteiger partial charge in [-0.1, -0.05) is 53.2 Å². The van der Waals surface area contributed by atoms with Crippen LogP contribution in [0.3, 0.4) is 0 Å². The Kier molecular flexibility index (Phi) is 7.67. The maximum atomic E-state index is 14.0.